The topological polar surface area (TPSA) is 116 Å². The van der Waals surface area contributed by atoms with E-state index in [0.29, 0.717) is 35.0 Å². The molecule has 0 fully saturated rings. The normalized spacial score (nSPS) is 13.4. The molecule has 4 aromatic rings. The second-order valence-electron chi connectivity index (χ2n) is 7.85. The third-order valence-corrected chi connectivity index (χ3v) is 7.51. The van der Waals surface area contributed by atoms with Crippen molar-refractivity contribution in [2.75, 3.05) is 24.7 Å². The fraction of sp³-hybridized carbons (Fsp3) is 0.381. The van der Waals surface area contributed by atoms with E-state index in [4.69, 9.17) is 15.1 Å². The summed E-state index contributed by atoms with van der Waals surface area (Å²) in [5, 5.41) is 1.38. The molecule has 166 valence electrons. The van der Waals surface area contributed by atoms with Crippen molar-refractivity contribution in [1.29, 1.82) is 0 Å². The van der Waals surface area contributed by atoms with Gasteiger partial charge < -0.3 is 15.1 Å². The molecule has 1 aliphatic rings. The van der Waals surface area contributed by atoms with Crippen LogP contribution in [0.15, 0.2) is 32.8 Å². The molecule has 0 aromatic carbocycles. The van der Waals surface area contributed by atoms with Crippen molar-refractivity contribution in [3.8, 4) is 0 Å². The summed E-state index contributed by atoms with van der Waals surface area (Å²) in [6, 6.07) is 3.69. The van der Waals surface area contributed by atoms with Gasteiger partial charge in [-0.15, -0.1) is 11.3 Å². The number of anilines is 2. The van der Waals surface area contributed by atoms with Crippen LogP contribution in [0.4, 0.5) is 11.9 Å². The molecule has 32 heavy (non-hydrogen) atoms. The Morgan fingerprint density at radius 1 is 1.22 bits per heavy atom. The number of aromatic nitrogens is 5. The summed E-state index contributed by atoms with van der Waals surface area (Å²) in [6.07, 6.45) is 5.85. The van der Waals surface area contributed by atoms with Crippen LogP contribution < -0.4 is 16.2 Å². The van der Waals surface area contributed by atoms with Gasteiger partial charge in [0.1, 0.15) is 16.4 Å². The molecule has 1 aliphatic carbocycles. The van der Waals surface area contributed by atoms with Gasteiger partial charge in [0.15, 0.2) is 5.16 Å². The number of nitrogen functional groups attached to an aromatic ring is 1. The van der Waals surface area contributed by atoms with Gasteiger partial charge >= 0.3 is 0 Å². The van der Waals surface area contributed by atoms with E-state index in [1.54, 1.807) is 27.1 Å². The minimum absolute atomic E-state index is 0.0163. The number of hydrogen-bond donors (Lipinski definition) is 1. The molecule has 5 rings (SSSR count). The van der Waals surface area contributed by atoms with E-state index in [-0.39, 0.29) is 11.5 Å². The summed E-state index contributed by atoms with van der Waals surface area (Å²) in [4.78, 5) is 35.3. The van der Waals surface area contributed by atoms with Gasteiger partial charge in [-0.2, -0.15) is 15.0 Å². The van der Waals surface area contributed by atoms with Crippen LogP contribution in [-0.2, 0) is 25.1 Å². The molecule has 0 amide bonds. The van der Waals surface area contributed by atoms with Crippen LogP contribution in [-0.4, -0.2) is 38.6 Å². The predicted molar refractivity (Wildman–Crippen MR) is 126 cm³/mol. The Kier molecular flexibility index (Phi) is 5.60. The zero-order chi connectivity index (χ0) is 22.2. The Balaban J connectivity index is 1.56. The summed E-state index contributed by atoms with van der Waals surface area (Å²) < 4.78 is 7.22. The van der Waals surface area contributed by atoms with Gasteiger partial charge in [-0.3, -0.25) is 9.36 Å². The maximum atomic E-state index is 13.6. The lowest BCUT2D eigenvalue weighted by Crippen LogP contribution is -2.24. The standard InChI is InChI=1S/C21H23N7O2S2/c1-27(2)20-24-15(23-19(22)26-20)11-31-21-25-17-16(13-7-3-4-8-14(13)32-17)18(29)28(21)10-12-6-5-9-30-12/h5-6,9H,3-4,7-8,10-11H2,1-2H3,(H2,22,23,24,26). The Hall–Kier alpha value is -2.92. The number of hydrogen-bond acceptors (Lipinski definition) is 10. The third-order valence-electron chi connectivity index (χ3n) is 5.35. The van der Waals surface area contributed by atoms with Crippen LogP contribution in [0.5, 0.6) is 0 Å². The summed E-state index contributed by atoms with van der Waals surface area (Å²) in [5.74, 6) is 2.32. The molecule has 0 bridgehead atoms. The number of rotatable bonds is 6. The Morgan fingerprint density at radius 3 is 2.84 bits per heavy atom. The second kappa shape index (κ2) is 8.55. The summed E-state index contributed by atoms with van der Waals surface area (Å²) in [5.41, 5.74) is 7.02. The van der Waals surface area contributed by atoms with Crippen molar-refractivity contribution in [1.82, 2.24) is 24.5 Å². The van der Waals surface area contributed by atoms with E-state index in [1.165, 1.54) is 22.2 Å². The third kappa shape index (κ3) is 3.97. The molecule has 4 aromatic heterocycles. The Bertz CT molecular complexity index is 1330. The molecular formula is C21H23N7O2S2. The number of thiophene rings is 1. The molecule has 0 radical (unpaired) electrons. The first kappa shape index (κ1) is 21.0. The fourth-order valence-electron chi connectivity index (χ4n) is 3.85. The molecule has 4 heterocycles. The maximum Gasteiger partial charge on any atom is 0.263 e. The lowest BCUT2D eigenvalue weighted by molar-refractivity contribution is 0.476. The van der Waals surface area contributed by atoms with E-state index in [9.17, 15) is 4.79 Å². The maximum absolute atomic E-state index is 13.6. The highest BCUT2D eigenvalue weighted by atomic mass is 32.2. The lowest BCUT2D eigenvalue weighted by Gasteiger charge is -2.13. The van der Waals surface area contributed by atoms with Gasteiger partial charge in [-0.1, -0.05) is 11.8 Å². The van der Waals surface area contributed by atoms with Gasteiger partial charge in [-0.25, -0.2) is 4.98 Å². The van der Waals surface area contributed by atoms with Gasteiger partial charge in [0.25, 0.3) is 5.56 Å². The summed E-state index contributed by atoms with van der Waals surface area (Å²) >= 11 is 3.06. The number of nitrogens with zero attached hydrogens (tertiary/aromatic N) is 6. The molecule has 0 unspecified atom stereocenters. The molecule has 11 heteroatoms. The van der Waals surface area contributed by atoms with Crippen molar-refractivity contribution in [2.24, 2.45) is 0 Å². The van der Waals surface area contributed by atoms with Gasteiger partial charge in [0.2, 0.25) is 11.9 Å². The highest BCUT2D eigenvalue weighted by Gasteiger charge is 2.23. The first-order chi connectivity index (χ1) is 15.5. The zero-order valence-corrected chi connectivity index (χ0v) is 19.5. The highest BCUT2D eigenvalue weighted by Crippen LogP contribution is 2.35. The Labute approximate surface area is 192 Å². The summed E-state index contributed by atoms with van der Waals surface area (Å²) in [7, 11) is 3.70. The largest absolute Gasteiger partial charge is 0.467 e. The molecule has 0 aliphatic heterocycles. The van der Waals surface area contributed by atoms with Crippen LogP contribution in [0, 0.1) is 0 Å². The SMILES string of the molecule is CN(C)c1nc(N)nc(CSc2nc3sc4c(c3c(=O)n2Cc2ccco2)CCCC4)n1. The number of thioether (sulfide) groups is 1. The monoisotopic (exact) mass is 469 g/mol. The van der Waals surface area contributed by atoms with Gasteiger partial charge in [0.05, 0.1) is 23.9 Å². The van der Waals surface area contributed by atoms with Gasteiger partial charge in [-0.05, 0) is 43.4 Å². The first-order valence-electron chi connectivity index (χ1n) is 10.4. The minimum atomic E-state index is -0.0163. The molecule has 0 spiro atoms. The van der Waals surface area contributed by atoms with E-state index in [1.807, 2.05) is 26.2 Å². The van der Waals surface area contributed by atoms with Crippen molar-refractivity contribution >= 4 is 45.2 Å². The molecule has 9 nitrogen and oxygen atoms in total. The number of aryl methyl sites for hydroxylation is 2. The van der Waals surface area contributed by atoms with Crippen LogP contribution >= 0.6 is 23.1 Å². The second-order valence-corrected chi connectivity index (χ2v) is 9.88. The quantitative estimate of drug-likeness (QED) is 0.336. The number of furan rings is 1. The average molecular weight is 470 g/mol. The fourth-order valence-corrected chi connectivity index (χ4v) is 6.00. The smallest absolute Gasteiger partial charge is 0.263 e. The van der Waals surface area contributed by atoms with Crippen LogP contribution in [0.3, 0.4) is 0 Å². The van der Waals surface area contributed by atoms with Crippen LogP contribution in [0.1, 0.15) is 34.9 Å². The molecule has 2 N–H and O–H groups in total. The van der Waals surface area contributed by atoms with Crippen LogP contribution in [0.25, 0.3) is 10.2 Å². The molecular weight excluding hydrogens is 446 g/mol. The molecule has 0 saturated carbocycles. The Morgan fingerprint density at radius 2 is 2.06 bits per heavy atom. The predicted octanol–water partition coefficient (Wildman–Crippen LogP) is 3.10. The van der Waals surface area contributed by atoms with Crippen molar-refractivity contribution in [3.63, 3.8) is 0 Å². The number of nitrogens with two attached hydrogens (primary N) is 1. The summed E-state index contributed by atoms with van der Waals surface area (Å²) in [6.45, 7) is 0.323. The highest BCUT2D eigenvalue weighted by molar-refractivity contribution is 7.98. The van der Waals surface area contributed by atoms with E-state index in [2.05, 4.69) is 15.0 Å². The van der Waals surface area contributed by atoms with E-state index >= 15 is 0 Å². The van der Waals surface area contributed by atoms with Crippen molar-refractivity contribution in [2.45, 2.75) is 43.1 Å². The lowest BCUT2D eigenvalue weighted by atomic mass is 9.97. The molecule has 0 saturated heterocycles. The van der Waals surface area contributed by atoms with Gasteiger partial charge in [0, 0.05) is 19.0 Å². The minimum Gasteiger partial charge on any atom is -0.467 e. The average Bonchev–Trinajstić information content (AvgIpc) is 3.41. The molecule has 0 atom stereocenters. The first-order valence-corrected chi connectivity index (χ1v) is 12.2. The van der Waals surface area contributed by atoms with Crippen molar-refractivity contribution in [3.05, 3.63) is 50.8 Å². The van der Waals surface area contributed by atoms with E-state index in [0.717, 1.165) is 35.9 Å². The van der Waals surface area contributed by atoms with Crippen LogP contribution in [0.2, 0.25) is 0 Å². The number of fused-ring (bicyclic) bond motifs is 3. The van der Waals surface area contributed by atoms with Crippen molar-refractivity contribution < 1.29 is 4.42 Å². The zero-order valence-electron chi connectivity index (χ0n) is 17.9. The van der Waals surface area contributed by atoms with E-state index < -0.39 is 0 Å².